The first-order chi connectivity index (χ1) is 14.4. The van der Waals surface area contributed by atoms with Gasteiger partial charge in [-0.2, -0.15) is 5.10 Å². The summed E-state index contributed by atoms with van der Waals surface area (Å²) in [7, 11) is 0. The number of carbonyl (C=O) groups is 1. The Balaban J connectivity index is 1.77. The monoisotopic (exact) mass is 424 g/mol. The molecule has 3 rings (SSSR count). The predicted octanol–water partition coefficient (Wildman–Crippen LogP) is 5.51. The van der Waals surface area contributed by atoms with Gasteiger partial charge in [0.2, 0.25) is 0 Å². The zero-order chi connectivity index (χ0) is 21.7. The number of nitrogens with zero attached hydrogens (tertiary/aromatic N) is 2. The number of rotatable bonds is 8. The zero-order valence-corrected chi connectivity index (χ0v) is 18.1. The summed E-state index contributed by atoms with van der Waals surface area (Å²) in [5, 5.41) is 15.0. The maximum atomic E-state index is 11.1. The van der Waals surface area contributed by atoms with Crippen molar-refractivity contribution in [3.63, 3.8) is 0 Å². The molecule has 5 nitrogen and oxygen atoms in total. The van der Waals surface area contributed by atoms with Crippen molar-refractivity contribution in [3.05, 3.63) is 58.7 Å². The molecule has 0 bridgehead atoms. The van der Waals surface area contributed by atoms with Crippen LogP contribution in [-0.2, 0) is 17.9 Å². The summed E-state index contributed by atoms with van der Waals surface area (Å²) in [4.78, 5) is 11.1. The Kier molecular flexibility index (Phi) is 7.02. The maximum Gasteiger partial charge on any atom is 0.304 e. The lowest BCUT2D eigenvalue weighted by Gasteiger charge is -2.11. The summed E-state index contributed by atoms with van der Waals surface area (Å²) in [5.74, 6) is 5.71. The first kappa shape index (κ1) is 21.7. The van der Waals surface area contributed by atoms with Gasteiger partial charge >= 0.3 is 5.97 Å². The highest BCUT2D eigenvalue weighted by Gasteiger charge is 2.15. The number of fused-ring (bicyclic) bond motifs is 1. The van der Waals surface area contributed by atoms with Gasteiger partial charge in [-0.15, -0.1) is 5.92 Å². The van der Waals surface area contributed by atoms with Crippen LogP contribution in [0.4, 0.5) is 0 Å². The minimum absolute atomic E-state index is 0.0259. The number of aliphatic carboxylic acids is 1. The molecule has 1 aromatic heterocycles. The van der Waals surface area contributed by atoms with Gasteiger partial charge in [0.15, 0.2) is 5.15 Å². The van der Waals surface area contributed by atoms with E-state index in [9.17, 15) is 4.79 Å². The van der Waals surface area contributed by atoms with E-state index in [2.05, 4.69) is 30.8 Å². The van der Waals surface area contributed by atoms with E-state index in [1.54, 1.807) is 6.92 Å². The molecule has 30 heavy (non-hydrogen) atoms. The van der Waals surface area contributed by atoms with Crippen LogP contribution >= 0.6 is 11.6 Å². The first-order valence-electron chi connectivity index (χ1n) is 9.89. The Morgan fingerprint density at radius 1 is 1.23 bits per heavy atom. The maximum absolute atomic E-state index is 11.1. The van der Waals surface area contributed by atoms with Crippen molar-refractivity contribution in [2.75, 3.05) is 0 Å². The van der Waals surface area contributed by atoms with Crippen LogP contribution in [0.25, 0.3) is 10.9 Å². The molecule has 0 fully saturated rings. The van der Waals surface area contributed by atoms with E-state index in [1.807, 2.05) is 47.1 Å². The minimum Gasteiger partial charge on any atom is -0.489 e. The molecule has 1 atom stereocenters. The van der Waals surface area contributed by atoms with E-state index in [1.165, 1.54) is 0 Å². The van der Waals surface area contributed by atoms with E-state index in [4.69, 9.17) is 21.4 Å². The molecule has 0 aliphatic rings. The Bertz CT molecular complexity index is 1090. The number of halogens is 1. The number of hydrogen-bond donors (Lipinski definition) is 1. The lowest BCUT2D eigenvalue weighted by Crippen LogP contribution is -2.05. The normalized spacial score (nSPS) is 11.9. The van der Waals surface area contributed by atoms with Crippen molar-refractivity contribution in [2.24, 2.45) is 5.92 Å². The SMILES string of the molecule is CC#C[C@@H](CC(=O)O)c1ccc(OCc2cccc3c2c(Cl)nn3CC(C)C)cc1. The molecule has 1 N–H and O–H groups in total. The second-order valence-electron chi connectivity index (χ2n) is 7.58. The molecule has 3 aromatic rings. The third-order valence-corrected chi connectivity index (χ3v) is 5.00. The fourth-order valence-corrected chi connectivity index (χ4v) is 3.72. The fourth-order valence-electron chi connectivity index (χ4n) is 3.41. The average Bonchev–Trinajstić information content (AvgIpc) is 3.01. The Labute approximate surface area is 181 Å². The summed E-state index contributed by atoms with van der Waals surface area (Å²) >= 11 is 6.43. The minimum atomic E-state index is -0.869. The number of carboxylic acids is 1. The highest BCUT2D eigenvalue weighted by atomic mass is 35.5. The number of carboxylic acid groups (broad SMARTS) is 1. The lowest BCUT2D eigenvalue weighted by atomic mass is 9.96. The first-order valence-corrected chi connectivity index (χ1v) is 10.3. The smallest absolute Gasteiger partial charge is 0.304 e. The average molecular weight is 425 g/mol. The van der Waals surface area contributed by atoms with Crippen molar-refractivity contribution in [1.29, 1.82) is 0 Å². The van der Waals surface area contributed by atoms with Crippen LogP contribution < -0.4 is 4.74 Å². The highest BCUT2D eigenvalue weighted by Crippen LogP contribution is 2.29. The van der Waals surface area contributed by atoms with E-state index in [-0.39, 0.29) is 12.3 Å². The second kappa shape index (κ2) is 9.69. The van der Waals surface area contributed by atoms with Crippen LogP contribution in [0, 0.1) is 17.8 Å². The standard InChI is InChI=1S/C24H25ClN2O3/c1-4-6-18(13-22(28)29)17-9-11-20(12-10-17)30-15-19-7-5-8-21-23(19)24(25)26-27(21)14-16(2)3/h5,7-12,16,18H,13-15H2,1-3H3,(H,28,29)/t18-/m0/s1. The van der Waals surface area contributed by atoms with Crippen LogP contribution in [0.3, 0.4) is 0 Å². The quantitative estimate of drug-likeness (QED) is 0.484. The second-order valence-corrected chi connectivity index (χ2v) is 7.94. The van der Waals surface area contributed by atoms with Crippen molar-refractivity contribution in [2.45, 2.75) is 46.3 Å². The van der Waals surface area contributed by atoms with Gasteiger partial charge in [0.05, 0.1) is 17.9 Å². The molecule has 2 aromatic carbocycles. The van der Waals surface area contributed by atoms with Crippen molar-refractivity contribution < 1.29 is 14.6 Å². The third kappa shape index (κ3) is 5.14. The van der Waals surface area contributed by atoms with Gasteiger partial charge in [-0.1, -0.05) is 55.6 Å². The molecular weight excluding hydrogens is 400 g/mol. The van der Waals surface area contributed by atoms with E-state index in [0.717, 1.165) is 28.6 Å². The van der Waals surface area contributed by atoms with Crippen molar-refractivity contribution >= 4 is 28.5 Å². The number of benzene rings is 2. The zero-order valence-electron chi connectivity index (χ0n) is 17.4. The van der Waals surface area contributed by atoms with Gasteiger partial charge in [-0.05, 0) is 36.6 Å². The van der Waals surface area contributed by atoms with E-state index < -0.39 is 5.97 Å². The van der Waals surface area contributed by atoms with Gasteiger partial charge in [0.25, 0.3) is 0 Å². The summed E-state index contributed by atoms with van der Waals surface area (Å²) < 4.78 is 7.92. The molecule has 6 heteroatoms. The molecule has 1 heterocycles. The fraction of sp³-hybridized carbons (Fsp3) is 0.333. The van der Waals surface area contributed by atoms with Gasteiger partial charge in [-0.3, -0.25) is 9.48 Å². The molecule has 156 valence electrons. The molecule has 0 aliphatic carbocycles. The Morgan fingerprint density at radius 2 is 1.97 bits per heavy atom. The van der Waals surface area contributed by atoms with Crippen LogP contribution in [0.1, 0.15) is 44.2 Å². The van der Waals surface area contributed by atoms with Gasteiger partial charge in [-0.25, -0.2) is 0 Å². The molecule has 0 saturated carbocycles. The molecule has 0 unspecified atom stereocenters. The molecule has 0 spiro atoms. The van der Waals surface area contributed by atoms with E-state index in [0.29, 0.717) is 23.4 Å². The topological polar surface area (TPSA) is 64.3 Å². The van der Waals surface area contributed by atoms with Gasteiger partial charge in [0.1, 0.15) is 12.4 Å². The number of aromatic nitrogens is 2. The van der Waals surface area contributed by atoms with Crippen molar-refractivity contribution in [1.82, 2.24) is 9.78 Å². The Morgan fingerprint density at radius 3 is 2.60 bits per heavy atom. The summed E-state index contributed by atoms with van der Waals surface area (Å²) in [6.45, 7) is 7.15. The number of hydrogen-bond acceptors (Lipinski definition) is 3. The molecular formula is C24H25ClN2O3. The predicted molar refractivity (Wildman–Crippen MR) is 119 cm³/mol. The van der Waals surface area contributed by atoms with Crippen LogP contribution in [0.2, 0.25) is 5.15 Å². The Hall–Kier alpha value is -2.97. The van der Waals surface area contributed by atoms with Gasteiger partial charge in [0, 0.05) is 17.5 Å². The number of ether oxygens (including phenoxy) is 1. The highest BCUT2D eigenvalue weighted by molar-refractivity contribution is 6.34. The molecule has 0 amide bonds. The molecule has 0 aliphatic heterocycles. The van der Waals surface area contributed by atoms with Crippen LogP contribution in [-0.4, -0.2) is 20.9 Å². The van der Waals surface area contributed by atoms with Crippen LogP contribution in [0.15, 0.2) is 42.5 Å². The van der Waals surface area contributed by atoms with Crippen LogP contribution in [0.5, 0.6) is 5.75 Å². The largest absolute Gasteiger partial charge is 0.489 e. The summed E-state index contributed by atoms with van der Waals surface area (Å²) in [6, 6.07) is 13.4. The van der Waals surface area contributed by atoms with Gasteiger partial charge < -0.3 is 9.84 Å². The van der Waals surface area contributed by atoms with E-state index >= 15 is 0 Å². The summed E-state index contributed by atoms with van der Waals surface area (Å²) in [6.07, 6.45) is -0.0259. The third-order valence-electron chi connectivity index (χ3n) is 4.73. The lowest BCUT2D eigenvalue weighted by molar-refractivity contribution is -0.137. The molecule has 0 radical (unpaired) electrons. The molecule has 0 saturated heterocycles. The van der Waals surface area contributed by atoms with Crippen molar-refractivity contribution in [3.8, 4) is 17.6 Å². The summed E-state index contributed by atoms with van der Waals surface area (Å²) in [5.41, 5.74) is 2.83.